The van der Waals surface area contributed by atoms with Gasteiger partial charge in [0.1, 0.15) is 0 Å². The van der Waals surface area contributed by atoms with Gasteiger partial charge in [0.05, 0.1) is 11.9 Å². The molecule has 0 fully saturated rings. The van der Waals surface area contributed by atoms with Crippen LogP contribution in [0.2, 0.25) is 0 Å². The molecule has 0 amide bonds. The number of aromatic carboxylic acids is 1. The quantitative estimate of drug-likeness (QED) is 0.900. The Balaban J connectivity index is 2.28. The van der Waals surface area contributed by atoms with E-state index in [0.29, 0.717) is 0 Å². The zero-order valence-corrected chi connectivity index (χ0v) is 11.5. The largest absolute Gasteiger partial charge is 0.478 e. The average Bonchev–Trinajstić information content (AvgIpc) is 2.67. The standard InChI is InChI=1S/C14H11BrN2O2/c15-13(8-12-5-2-6-16-9-17-12)10-3-1-4-11(7-10)14(18)19/h1-9H,(H,16,17)(H,18,19)/b13-8+. The molecule has 0 radical (unpaired) electrons. The first-order valence-electron chi connectivity index (χ1n) is 5.53. The maximum Gasteiger partial charge on any atom is 0.335 e. The molecule has 0 aromatic heterocycles. The van der Waals surface area contributed by atoms with Crippen LogP contribution >= 0.6 is 15.9 Å². The Morgan fingerprint density at radius 1 is 1.37 bits per heavy atom. The van der Waals surface area contributed by atoms with Crippen LogP contribution < -0.4 is 5.32 Å². The van der Waals surface area contributed by atoms with Crippen LogP contribution in [0.5, 0.6) is 0 Å². The highest BCUT2D eigenvalue weighted by molar-refractivity contribution is 9.15. The number of carboxylic acid groups (broad SMARTS) is 1. The van der Waals surface area contributed by atoms with Crippen LogP contribution in [0.25, 0.3) is 4.48 Å². The van der Waals surface area contributed by atoms with Gasteiger partial charge in [-0.2, -0.15) is 0 Å². The van der Waals surface area contributed by atoms with Crippen LogP contribution in [0, 0.1) is 0 Å². The lowest BCUT2D eigenvalue weighted by Gasteiger charge is -2.04. The van der Waals surface area contributed by atoms with Crippen molar-refractivity contribution in [3.8, 4) is 0 Å². The van der Waals surface area contributed by atoms with Gasteiger partial charge in [0.2, 0.25) is 0 Å². The highest BCUT2D eigenvalue weighted by Crippen LogP contribution is 2.23. The molecular weight excluding hydrogens is 308 g/mol. The van der Waals surface area contributed by atoms with E-state index in [2.05, 4.69) is 26.2 Å². The number of nitrogens with one attached hydrogen (secondary N) is 1. The number of carbonyl (C=O) groups is 1. The molecule has 2 rings (SSSR count). The molecule has 1 aliphatic heterocycles. The molecule has 0 spiro atoms. The van der Waals surface area contributed by atoms with Crippen LogP contribution in [-0.2, 0) is 0 Å². The molecule has 4 nitrogen and oxygen atoms in total. The number of allylic oxidation sites excluding steroid dienone is 3. The molecule has 0 saturated carbocycles. The van der Waals surface area contributed by atoms with E-state index in [1.807, 2.05) is 24.3 Å². The highest BCUT2D eigenvalue weighted by atomic mass is 79.9. The van der Waals surface area contributed by atoms with Crippen LogP contribution in [-0.4, -0.2) is 17.4 Å². The molecule has 0 atom stereocenters. The second-order valence-electron chi connectivity index (χ2n) is 3.76. The molecule has 19 heavy (non-hydrogen) atoms. The van der Waals surface area contributed by atoms with Gasteiger partial charge >= 0.3 is 5.97 Å². The third-order valence-corrected chi connectivity index (χ3v) is 3.11. The Morgan fingerprint density at radius 3 is 2.95 bits per heavy atom. The summed E-state index contributed by atoms with van der Waals surface area (Å²) in [5, 5.41) is 12.0. The van der Waals surface area contributed by atoms with Gasteiger partial charge in [-0.15, -0.1) is 0 Å². The van der Waals surface area contributed by atoms with Crippen LogP contribution in [0.1, 0.15) is 15.9 Å². The van der Waals surface area contributed by atoms with E-state index in [-0.39, 0.29) is 5.56 Å². The molecule has 5 heteroatoms. The van der Waals surface area contributed by atoms with Crippen LogP contribution in [0.4, 0.5) is 0 Å². The Morgan fingerprint density at radius 2 is 2.16 bits per heavy atom. The van der Waals surface area contributed by atoms with Gasteiger partial charge in [0, 0.05) is 16.4 Å². The molecule has 0 saturated heterocycles. The van der Waals surface area contributed by atoms with Crippen LogP contribution in [0.3, 0.4) is 0 Å². The van der Waals surface area contributed by atoms with Gasteiger partial charge in [-0.05, 0) is 35.9 Å². The summed E-state index contributed by atoms with van der Waals surface area (Å²) >= 11 is 3.45. The molecule has 1 aromatic rings. The summed E-state index contributed by atoms with van der Waals surface area (Å²) in [6.07, 6.45) is 8.81. The number of rotatable bonds is 3. The van der Waals surface area contributed by atoms with Gasteiger partial charge < -0.3 is 10.4 Å². The number of aliphatic imine (C=N–C) groups is 1. The third-order valence-electron chi connectivity index (χ3n) is 2.42. The molecule has 0 unspecified atom stereocenters. The van der Waals surface area contributed by atoms with E-state index < -0.39 is 5.97 Å². The first-order valence-corrected chi connectivity index (χ1v) is 6.32. The summed E-state index contributed by atoms with van der Waals surface area (Å²) in [4.78, 5) is 14.9. The van der Waals surface area contributed by atoms with Crippen molar-refractivity contribution in [1.29, 1.82) is 0 Å². The molecule has 2 N–H and O–H groups in total. The number of carboxylic acids is 1. The predicted molar refractivity (Wildman–Crippen MR) is 79.2 cm³/mol. The van der Waals surface area contributed by atoms with Gasteiger partial charge in [-0.3, -0.25) is 0 Å². The van der Waals surface area contributed by atoms with Crippen molar-refractivity contribution in [3.05, 3.63) is 65.5 Å². The van der Waals surface area contributed by atoms with E-state index >= 15 is 0 Å². The van der Waals surface area contributed by atoms with Crippen LogP contribution in [0.15, 0.2) is 59.4 Å². The number of hydrogen-bond acceptors (Lipinski definition) is 3. The summed E-state index contributed by atoms with van der Waals surface area (Å²) in [5.74, 6) is -0.941. The van der Waals surface area contributed by atoms with Crippen molar-refractivity contribution in [2.45, 2.75) is 0 Å². The topological polar surface area (TPSA) is 61.7 Å². The van der Waals surface area contributed by atoms with Gasteiger partial charge in [0.15, 0.2) is 0 Å². The minimum absolute atomic E-state index is 0.257. The zero-order chi connectivity index (χ0) is 13.7. The molecular formula is C14H11BrN2O2. The summed E-state index contributed by atoms with van der Waals surface area (Å²) < 4.78 is 0.790. The second-order valence-corrected chi connectivity index (χ2v) is 4.62. The first-order chi connectivity index (χ1) is 9.16. The maximum absolute atomic E-state index is 10.9. The van der Waals surface area contributed by atoms with E-state index in [9.17, 15) is 4.79 Å². The highest BCUT2D eigenvalue weighted by Gasteiger charge is 2.05. The summed E-state index contributed by atoms with van der Waals surface area (Å²) in [7, 11) is 0. The van der Waals surface area contributed by atoms with Gasteiger partial charge in [-0.25, -0.2) is 9.79 Å². The zero-order valence-electron chi connectivity index (χ0n) is 9.88. The third kappa shape index (κ3) is 3.66. The minimum atomic E-state index is -0.941. The summed E-state index contributed by atoms with van der Waals surface area (Å²) in [6.45, 7) is 0. The number of halogens is 1. The van der Waals surface area contributed by atoms with Crippen molar-refractivity contribution in [2.24, 2.45) is 4.99 Å². The fourth-order valence-corrected chi connectivity index (χ4v) is 2.00. The normalized spacial score (nSPS) is 14.6. The van der Waals surface area contributed by atoms with E-state index in [1.165, 1.54) is 0 Å². The number of benzene rings is 1. The maximum atomic E-state index is 10.9. The van der Waals surface area contributed by atoms with Crippen molar-refractivity contribution >= 4 is 32.7 Å². The van der Waals surface area contributed by atoms with Gasteiger partial charge in [-0.1, -0.05) is 28.1 Å². The average molecular weight is 319 g/mol. The van der Waals surface area contributed by atoms with Crippen molar-refractivity contribution < 1.29 is 9.90 Å². The van der Waals surface area contributed by atoms with E-state index in [0.717, 1.165) is 15.7 Å². The Kier molecular flexibility index (Phi) is 4.30. The number of hydrogen-bond donors (Lipinski definition) is 2. The molecule has 0 bridgehead atoms. The van der Waals surface area contributed by atoms with Crippen molar-refractivity contribution in [2.75, 3.05) is 0 Å². The van der Waals surface area contributed by atoms with Gasteiger partial charge in [0.25, 0.3) is 0 Å². The Hall–Kier alpha value is -2.14. The van der Waals surface area contributed by atoms with E-state index in [4.69, 9.17) is 5.11 Å². The summed E-state index contributed by atoms with van der Waals surface area (Å²) in [5.41, 5.74) is 1.91. The first kappa shape index (κ1) is 13.3. The Labute approximate surface area is 119 Å². The van der Waals surface area contributed by atoms with Crippen molar-refractivity contribution in [1.82, 2.24) is 5.32 Å². The molecule has 1 aliphatic rings. The minimum Gasteiger partial charge on any atom is -0.478 e. The summed E-state index contributed by atoms with van der Waals surface area (Å²) in [6, 6.07) is 6.73. The second kappa shape index (κ2) is 6.15. The molecule has 0 aliphatic carbocycles. The predicted octanol–water partition coefficient (Wildman–Crippen LogP) is 3.15. The van der Waals surface area contributed by atoms with Crippen molar-refractivity contribution in [3.63, 3.8) is 0 Å². The van der Waals surface area contributed by atoms with E-state index in [1.54, 1.807) is 30.7 Å². The smallest absolute Gasteiger partial charge is 0.335 e. The fourth-order valence-electron chi connectivity index (χ4n) is 1.51. The lowest BCUT2D eigenvalue weighted by atomic mass is 10.1. The monoisotopic (exact) mass is 318 g/mol. The lowest BCUT2D eigenvalue weighted by Crippen LogP contribution is -2.07. The Bertz CT molecular complexity index is 616. The SMILES string of the molecule is O=C(O)c1cccc(/C(Br)=C\C2=CC=CN=CN2)c1. The lowest BCUT2D eigenvalue weighted by molar-refractivity contribution is 0.0697. The molecule has 1 aromatic carbocycles. The number of nitrogens with zero attached hydrogens (tertiary/aromatic N) is 1. The molecule has 1 heterocycles. The fraction of sp³-hybridized carbons (Fsp3) is 0. The molecule has 96 valence electrons.